The molecule has 41 heavy (non-hydrogen) atoms. The molecule has 0 radical (unpaired) electrons. The molecule has 0 saturated carbocycles. The molecule has 3 aromatic heterocycles. The molecule has 1 aromatic carbocycles. The molecule has 1 saturated heterocycles. The standard InChI is InChI=1S/C26H24ClF2N7O5/c1-14(24(38)34-9-5-15(6-10-34)25(39)40)36-13-19(32-23(37)18-12-31-35-8-2-7-30-22(18)35)21(33-36)17-11-16(27)3-4-20(17)41-26(28)29/h2-4,7-8,11-15,26H,5-6,9-10H2,1H3,(H,32,37)(H,39,40). The van der Waals surface area contributed by atoms with Crippen LogP contribution in [-0.2, 0) is 9.59 Å². The number of hydrogen-bond donors (Lipinski definition) is 2. The van der Waals surface area contributed by atoms with Gasteiger partial charge < -0.3 is 20.1 Å². The third-order valence-corrected chi connectivity index (χ3v) is 7.06. The van der Waals surface area contributed by atoms with Crippen LogP contribution in [0.25, 0.3) is 16.9 Å². The summed E-state index contributed by atoms with van der Waals surface area (Å²) in [4.78, 5) is 43.7. The molecule has 214 valence electrons. The van der Waals surface area contributed by atoms with E-state index in [0.29, 0.717) is 12.8 Å². The summed E-state index contributed by atoms with van der Waals surface area (Å²) in [6.07, 6.45) is 6.51. The van der Waals surface area contributed by atoms with Crippen molar-refractivity contribution in [1.82, 2.24) is 29.3 Å². The van der Waals surface area contributed by atoms with E-state index in [4.69, 9.17) is 11.6 Å². The van der Waals surface area contributed by atoms with Gasteiger partial charge in [0.1, 0.15) is 23.0 Å². The number of likely N-dealkylation sites (tertiary alicyclic amines) is 1. The number of piperidine rings is 1. The molecule has 0 bridgehead atoms. The lowest BCUT2D eigenvalue weighted by molar-refractivity contribution is -0.146. The minimum absolute atomic E-state index is 0.0326. The van der Waals surface area contributed by atoms with Crippen LogP contribution in [0.5, 0.6) is 5.75 Å². The Hall–Kier alpha value is -4.59. The Bertz CT molecular complexity index is 1620. The van der Waals surface area contributed by atoms with Gasteiger partial charge in [-0.1, -0.05) is 11.6 Å². The number of hydrogen-bond acceptors (Lipinski definition) is 7. The van der Waals surface area contributed by atoms with Gasteiger partial charge >= 0.3 is 12.6 Å². The number of fused-ring (bicyclic) bond motifs is 1. The maximum atomic E-state index is 13.3. The SMILES string of the molecule is CC(C(=O)N1CCC(C(=O)O)CC1)n1cc(NC(=O)c2cnn3cccnc23)c(-c2cc(Cl)ccc2OC(F)F)n1. The molecule has 1 unspecified atom stereocenters. The number of halogens is 3. The molecule has 1 aliphatic rings. The van der Waals surface area contributed by atoms with Gasteiger partial charge in [-0.25, -0.2) is 9.50 Å². The van der Waals surface area contributed by atoms with Crippen LogP contribution < -0.4 is 10.1 Å². The number of amides is 2. The van der Waals surface area contributed by atoms with E-state index < -0.39 is 30.4 Å². The third-order valence-electron chi connectivity index (χ3n) is 6.83. The molecule has 1 aliphatic heterocycles. The maximum absolute atomic E-state index is 13.3. The zero-order valence-electron chi connectivity index (χ0n) is 21.6. The topological polar surface area (TPSA) is 144 Å². The second-order valence-corrected chi connectivity index (χ2v) is 9.84. The quantitative estimate of drug-likeness (QED) is 0.315. The fraction of sp³-hybridized carbons (Fsp3) is 0.308. The molecule has 0 spiro atoms. The summed E-state index contributed by atoms with van der Waals surface area (Å²) in [6.45, 7) is -1.02. The molecule has 15 heteroatoms. The van der Waals surface area contributed by atoms with Gasteiger partial charge in [-0.05, 0) is 44.0 Å². The first-order chi connectivity index (χ1) is 19.6. The van der Waals surface area contributed by atoms with E-state index in [9.17, 15) is 28.3 Å². The Balaban J connectivity index is 1.50. The molecular weight excluding hydrogens is 564 g/mol. The zero-order chi connectivity index (χ0) is 29.3. The van der Waals surface area contributed by atoms with E-state index in [-0.39, 0.29) is 57.9 Å². The molecule has 1 fully saturated rings. The van der Waals surface area contributed by atoms with Crippen LogP contribution in [0.3, 0.4) is 0 Å². The first-order valence-corrected chi connectivity index (χ1v) is 13.0. The fourth-order valence-corrected chi connectivity index (χ4v) is 4.84. The van der Waals surface area contributed by atoms with Gasteiger partial charge in [-0.3, -0.25) is 19.1 Å². The van der Waals surface area contributed by atoms with E-state index in [1.54, 1.807) is 24.1 Å². The minimum Gasteiger partial charge on any atom is -0.481 e. The first-order valence-electron chi connectivity index (χ1n) is 12.6. The highest BCUT2D eigenvalue weighted by atomic mass is 35.5. The lowest BCUT2D eigenvalue weighted by Crippen LogP contribution is -2.43. The number of aliphatic carboxylic acids is 1. The number of anilines is 1. The monoisotopic (exact) mass is 587 g/mol. The third kappa shape index (κ3) is 5.82. The van der Waals surface area contributed by atoms with Crippen LogP contribution in [-0.4, -0.2) is 71.9 Å². The lowest BCUT2D eigenvalue weighted by atomic mass is 9.97. The van der Waals surface area contributed by atoms with Crippen LogP contribution in [0.2, 0.25) is 5.02 Å². The number of nitrogens with zero attached hydrogens (tertiary/aromatic N) is 6. The Morgan fingerprint density at radius 1 is 1.22 bits per heavy atom. The number of carboxylic acids is 1. The van der Waals surface area contributed by atoms with Crippen molar-refractivity contribution in [2.75, 3.05) is 18.4 Å². The van der Waals surface area contributed by atoms with Crippen molar-refractivity contribution in [2.45, 2.75) is 32.4 Å². The first kappa shape index (κ1) is 28.0. The van der Waals surface area contributed by atoms with Crippen LogP contribution in [0.4, 0.5) is 14.5 Å². The summed E-state index contributed by atoms with van der Waals surface area (Å²) in [5.41, 5.74) is 0.620. The number of carbonyl (C=O) groups excluding carboxylic acids is 2. The summed E-state index contributed by atoms with van der Waals surface area (Å²) in [7, 11) is 0. The highest BCUT2D eigenvalue weighted by Gasteiger charge is 2.31. The molecule has 4 heterocycles. The molecule has 12 nitrogen and oxygen atoms in total. The summed E-state index contributed by atoms with van der Waals surface area (Å²) in [6, 6.07) is 4.76. The van der Waals surface area contributed by atoms with Crippen LogP contribution in [0.15, 0.2) is 49.1 Å². The van der Waals surface area contributed by atoms with Gasteiger partial charge in [0, 0.05) is 36.1 Å². The predicted molar refractivity (Wildman–Crippen MR) is 142 cm³/mol. The van der Waals surface area contributed by atoms with E-state index in [1.807, 2.05) is 0 Å². The highest BCUT2D eigenvalue weighted by Crippen LogP contribution is 2.38. The number of benzene rings is 1. The number of aromatic nitrogens is 5. The van der Waals surface area contributed by atoms with Crippen molar-refractivity contribution in [3.8, 4) is 17.0 Å². The molecule has 1 atom stereocenters. The summed E-state index contributed by atoms with van der Waals surface area (Å²) in [5, 5.41) is 20.8. The predicted octanol–water partition coefficient (Wildman–Crippen LogP) is 3.98. The number of ether oxygens (including phenoxy) is 1. The highest BCUT2D eigenvalue weighted by molar-refractivity contribution is 6.31. The average Bonchev–Trinajstić information content (AvgIpc) is 3.57. The minimum atomic E-state index is -3.14. The van der Waals surface area contributed by atoms with Gasteiger partial charge in [0.15, 0.2) is 5.65 Å². The van der Waals surface area contributed by atoms with Gasteiger partial charge in [0.2, 0.25) is 5.91 Å². The van der Waals surface area contributed by atoms with Gasteiger partial charge in [-0.2, -0.15) is 19.0 Å². The van der Waals surface area contributed by atoms with Crippen LogP contribution in [0, 0.1) is 5.92 Å². The van der Waals surface area contributed by atoms with Crippen molar-refractivity contribution in [3.63, 3.8) is 0 Å². The largest absolute Gasteiger partial charge is 0.481 e. The van der Waals surface area contributed by atoms with E-state index >= 15 is 0 Å². The van der Waals surface area contributed by atoms with Gasteiger partial charge in [0.05, 0.1) is 24.0 Å². The van der Waals surface area contributed by atoms with Gasteiger partial charge in [0.25, 0.3) is 5.91 Å². The number of rotatable bonds is 8. The van der Waals surface area contributed by atoms with Crippen molar-refractivity contribution < 1.29 is 33.0 Å². The van der Waals surface area contributed by atoms with E-state index in [2.05, 4.69) is 25.2 Å². The average molecular weight is 588 g/mol. The number of carbonyl (C=O) groups is 3. The molecule has 2 N–H and O–H groups in total. The lowest BCUT2D eigenvalue weighted by Gasteiger charge is -2.32. The maximum Gasteiger partial charge on any atom is 0.387 e. The summed E-state index contributed by atoms with van der Waals surface area (Å²) in [5.74, 6) is -2.57. The second kappa shape index (κ2) is 11.5. The number of nitrogens with one attached hydrogen (secondary N) is 1. The molecule has 0 aliphatic carbocycles. The van der Waals surface area contributed by atoms with Crippen LogP contribution in [0.1, 0.15) is 36.2 Å². The second-order valence-electron chi connectivity index (χ2n) is 9.40. The van der Waals surface area contributed by atoms with Crippen molar-refractivity contribution in [3.05, 3.63) is 59.6 Å². The Morgan fingerprint density at radius 2 is 1.98 bits per heavy atom. The zero-order valence-corrected chi connectivity index (χ0v) is 22.3. The fourth-order valence-electron chi connectivity index (χ4n) is 4.67. The Morgan fingerprint density at radius 3 is 2.68 bits per heavy atom. The Kier molecular flexibility index (Phi) is 7.83. The molecule has 4 aromatic rings. The summed E-state index contributed by atoms with van der Waals surface area (Å²) >= 11 is 6.18. The van der Waals surface area contributed by atoms with Crippen molar-refractivity contribution in [2.24, 2.45) is 5.92 Å². The Labute approximate surface area is 236 Å². The van der Waals surface area contributed by atoms with Crippen molar-refractivity contribution >= 4 is 40.7 Å². The normalized spacial score (nSPS) is 14.8. The number of alkyl halides is 2. The molecular formula is C26H24ClF2N7O5. The number of carboxylic acid groups (broad SMARTS) is 1. The van der Waals surface area contributed by atoms with E-state index in [1.165, 1.54) is 46.0 Å². The smallest absolute Gasteiger partial charge is 0.387 e. The summed E-state index contributed by atoms with van der Waals surface area (Å²) < 4.78 is 33.9. The van der Waals surface area contributed by atoms with Gasteiger partial charge in [-0.15, -0.1) is 0 Å². The van der Waals surface area contributed by atoms with Crippen LogP contribution >= 0.6 is 11.6 Å². The molecule has 2 amide bonds. The van der Waals surface area contributed by atoms with Crippen molar-refractivity contribution in [1.29, 1.82) is 0 Å². The van der Waals surface area contributed by atoms with E-state index in [0.717, 1.165) is 0 Å². The molecule has 5 rings (SSSR count).